The Morgan fingerprint density at radius 2 is 1.88 bits per heavy atom. The van der Waals surface area contributed by atoms with Crippen LogP contribution in [0.3, 0.4) is 0 Å². The van der Waals surface area contributed by atoms with Crippen LogP contribution >= 0.6 is 11.3 Å². The molecule has 0 aliphatic rings. The van der Waals surface area contributed by atoms with Gasteiger partial charge in [-0.05, 0) is 44.0 Å². The Kier molecular flexibility index (Phi) is 4.35. The van der Waals surface area contributed by atoms with Crippen molar-refractivity contribution in [2.75, 3.05) is 6.54 Å². The first-order valence-electron chi connectivity index (χ1n) is 6.06. The summed E-state index contributed by atoms with van der Waals surface area (Å²) in [5, 5.41) is 3.51. The molecule has 0 bridgehead atoms. The fourth-order valence-electron chi connectivity index (χ4n) is 1.96. The molecular weight excluding hydrogens is 226 g/mol. The van der Waals surface area contributed by atoms with Gasteiger partial charge in [-0.2, -0.15) is 0 Å². The average molecular weight is 245 g/mol. The molecule has 0 radical (unpaired) electrons. The maximum absolute atomic E-state index is 3.51. The van der Waals surface area contributed by atoms with E-state index in [1.165, 1.54) is 20.9 Å². The smallest absolute Gasteiger partial charge is 0.0216 e. The minimum atomic E-state index is 0.989. The van der Waals surface area contributed by atoms with E-state index in [1.807, 2.05) is 11.3 Å². The van der Waals surface area contributed by atoms with Crippen molar-refractivity contribution in [2.45, 2.75) is 26.8 Å². The maximum Gasteiger partial charge on any atom is 0.0216 e. The summed E-state index contributed by atoms with van der Waals surface area (Å²) in [5.74, 6) is 0. The molecule has 0 unspecified atom stereocenters. The van der Waals surface area contributed by atoms with Crippen molar-refractivity contribution in [3.05, 3.63) is 57.3 Å². The molecular formula is C15H19NS. The normalized spacial score (nSPS) is 10.7. The quantitative estimate of drug-likeness (QED) is 0.792. The van der Waals surface area contributed by atoms with Crippen molar-refractivity contribution >= 4 is 11.3 Å². The summed E-state index contributed by atoms with van der Waals surface area (Å²) in [7, 11) is 0. The maximum atomic E-state index is 3.51. The van der Waals surface area contributed by atoms with Crippen molar-refractivity contribution in [3.63, 3.8) is 0 Å². The molecule has 1 aromatic carbocycles. The zero-order valence-corrected chi connectivity index (χ0v) is 11.3. The number of thiophene rings is 1. The summed E-state index contributed by atoms with van der Waals surface area (Å²) < 4.78 is 0. The number of nitrogens with one attached hydrogen (secondary N) is 1. The molecule has 1 nitrogen and oxygen atoms in total. The van der Waals surface area contributed by atoms with E-state index in [9.17, 15) is 0 Å². The summed E-state index contributed by atoms with van der Waals surface area (Å²) in [6.45, 7) is 6.40. The van der Waals surface area contributed by atoms with E-state index in [1.54, 1.807) is 0 Å². The molecule has 2 rings (SSSR count). The lowest BCUT2D eigenvalue weighted by Gasteiger charge is -2.04. The molecule has 0 aliphatic heterocycles. The van der Waals surface area contributed by atoms with Crippen LogP contribution < -0.4 is 5.32 Å². The van der Waals surface area contributed by atoms with Gasteiger partial charge >= 0.3 is 0 Å². The van der Waals surface area contributed by atoms with E-state index in [-0.39, 0.29) is 0 Å². The molecule has 90 valence electrons. The Morgan fingerprint density at radius 1 is 1.12 bits per heavy atom. The number of aryl methyl sites for hydroxylation is 2. The van der Waals surface area contributed by atoms with Crippen LogP contribution in [0.15, 0.2) is 36.4 Å². The van der Waals surface area contributed by atoms with E-state index in [4.69, 9.17) is 0 Å². The second-order valence-electron chi connectivity index (χ2n) is 4.35. The first kappa shape index (κ1) is 12.3. The number of benzene rings is 1. The third-order valence-electron chi connectivity index (χ3n) is 2.89. The SMILES string of the molecule is Cc1cc(CNCCc2ccccc2)c(C)s1. The van der Waals surface area contributed by atoms with Gasteiger partial charge in [0.15, 0.2) is 0 Å². The Balaban J connectivity index is 1.75. The Hall–Kier alpha value is -1.12. The molecule has 1 N–H and O–H groups in total. The summed E-state index contributed by atoms with van der Waals surface area (Å²) in [5.41, 5.74) is 2.85. The van der Waals surface area contributed by atoms with Crippen molar-refractivity contribution in [1.82, 2.24) is 5.32 Å². The summed E-state index contributed by atoms with van der Waals surface area (Å²) in [6.07, 6.45) is 1.10. The molecule has 1 aromatic heterocycles. The van der Waals surface area contributed by atoms with Crippen LogP contribution in [0, 0.1) is 13.8 Å². The van der Waals surface area contributed by atoms with E-state index in [2.05, 4.69) is 55.6 Å². The summed E-state index contributed by atoms with van der Waals surface area (Å²) >= 11 is 1.88. The lowest BCUT2D eigenvalue weighted by Crippen LogP contribution is -2.16. The first-order valence-corrected chi connectivity index (χ1v) is 6.88. The van der Waals surface area contributed by atoms with Gasteiger partial charge in [-0.1, -0.05) is 30.3 Å². The van der Waals surface area contributed by atoms with Crippen LogP contribution in [0.5, 0.6) is 0 Å². The van der Waals surface area contributed by atoms with Gasteiger partial charge in [-0.25, -0.2) is 0 Å². The fourth-order valence-corrected chi connectivity index (χ4v) is 2.91. The van der Waals surface area contributed by atoms with Gasteiger partial charge < -0.3 is 5.32 Å². The largest absolute Gasteiger partial charge is 0.312 e. The van der Waals surface area contributed by atoms with Gasteiger partial charge in [-0.3, -0.25) is 0 Å². The van der Waals surface area contributed by atoms with Crippen LogP contribution in [0.25, 0.3) is 0 Å². The molecule has 0 spiro atoms. The molecule has 17 heavy (non-hydrogen) atoms. The second-order valence-corrected chi connectivity index (χ2v) is 5.81. The highest BCUT2D eigenvalue weighted by molar-refractivity contribution is 7.12. The number of hydrogen-bond donors (Lipinski definition) is 1. The molecule has 2 heteroatoms. The summed E-state index contributed by atoms with van der Waals surface area (Å²) in [4.78, 5) is 2.84. The molecule has 0 amide bonds. The van der Waals surface area contributed by atoms with Crippen molar-refractivity contribution in [2.24, 2.45) is 0 Å². The van der Waals surface area contributed by atoms with Gasteiger partial charge in [0.25, 0.3) is 0 Å². The average Bonchev–Trinajstić information content (AvgIpc) is 2.65. The third-order valence-corrected chi connectivity index (χ3v) is 3.90. The molecule has 0 atom stereocenters. The molecule has 0 saturated carbocycles. The van der Waals surface area contributed by atoms with E-state index in [0.29, 0.717) is 0 Å². The zero-order valence-electron chi connectivity index (χ0n) is 10.5. The first-order chi connectivity index (χ1) is 8.25. The third kappa shape index (κ3) is 3.69. The van der Waals surface area contributed by atoms with Gasteiger partial charge in [0.05, 0.1) is 0 Å². The zero-order chi connectivity index (χ0) is 12.1. The lowest BCUT2D eigenvalue weighted by atomic mass is 10.1. The van der Waals surface area contributed by atoms with Crippen LogP contribution in [0.4, 0.5) is 0 Å². The second kappa shape index (κ2) is 5.99. The minimum absolute atomic E-state index is 0.989. The van der Waals surface area contributed by atoms with Gasteiger partial charge in [0, 0.05) is 16.3 Å². The van der Waals surface area contributed by atoms with E-state index >= 15 is 0 Å². The van der Waals surface area contributed by atoms with Crippen molar-refractivity contribution in [1.29, 1.82) is 0 Å². The number of rotatable bonds is 5. The predicted molar refractivity (Wildman–Crippen MR) is 75.6 cm³/mol. The Labute approximate surface area is 108 Å². The van der Waals surface area contributed by atoms with Gasteiger partial charge in [0.2, 0.25) is 0 Å². The molecule has 1 heterocycles. The van der Waals surface area contributed by atoms with Crippen LogP contribution in [0.2, 0.25) is 0 Å². The van der Waals surface area contributed by atoms with Crippen LogP contribution in [-0.2, 0) is 13.0 Å². The molecule has 0 saturated heterocycles. The van der Waals surface area contributed by atoms with Gasteiger partial charge in [0.1, 0.15) is 0 Å². The van der Waals surface area contributed by atoms with E-state index in [0.717, 1.165) is 19.5 Å². The molecule has 0 aliphatic carbocycles. The standard InChI is InChI=1S/C15H19NS/c1-12-10-15(13(2)17-12)11-16-9-8-14-6-4-3-5-7-14/h3-7,10,16H,8-9,11H2,1-2H3. The number of hydrogen-bond acceptors (Lipinski definition) is 2. The molecule has 0 fully saturated rings. The van der Waals surface area contributed by atoms with Crippen molar-refractivity contribution in [3.8, 4) is 0 Å². The molecule has 2 aromatic rings. The minimum Gasteiger partial charge on any atom is -0.312 e. The Morgan fingerprint density at radius 3 is 2.53 bits per heavy atom. The highest BCUT2D eigenvalue weighted by Gasteiger charge is 2.01. The van der Waals surface area contributed by atoms with Crippen molar-refractivity contribution < 1.29 is 0 Å². The highest BCUT2D eigenvalue weighted by Crippen LogP contribution is 2.20. The van der Waals surface area contributed by atoms with Crippen LogP contribution in [-0.4, -0.2) is 6.54 Å². The lowest BCUT2D eigenvalue weighted by molar-refractivity contribution is 0.686. The van der Waals surface area contributed by atoms with E-state index < -0.39 is 0 Å². The topological polar surface area (TPSA) is 12.0 Å². The summed E-state index contributed by atoms with van der Waals surface area (Å²) in [6, 6.07) is 12.9. The van der Waals surface area contributed by atoms with Crippen LogP contribution in [0.1, 0.15) is 20.9 Å². The predicted octanol–water partition coefficient (Wildman–Crippen LogP) is 3.70. The van der Waals surface area contributed by atoms with Gasteiger partial charge in [-0.15, -0.1) is 11.3 Å². The highest BCUT2D eigenvalue weighted by atomic mass is 32.1. The monoisotopic (exact) mass is 245 g/mol. The Bertz CT molecular complexity index is 459. The fraction of sp³-hybridized carbons (Fsp3) is 0.333.